The van der Waals surface area contributed by atoms with Crippen molar-refractivity contribution < 1.29 is 0 Å². The minimum absolute atomic E-state index is 0.698. The number of hydrogen-bond donors (Lipinski definition) is 3. The maximum atomic E-state index is 7.60. The minimum Gasteiger partial charge on any atom is -0.401 e. The van der Waals surface area contributed by atoms with Crippen LogP contribution < -0.4 is 11.1 Å². The van der Waals surface area contributed by atoms with Crippen LogP contribution in [0.15, 0.2) is 11.3 Å². The Kier molecular flexibility index (Phi) is 2.65. The van der Waals surface area contributed by atoms with E-state index in [-0.39, 0.29) is 0 Å². The van der Waals surface area contributed by atoms with Crippen molar-refractivity contribution in [1.82, 2.24) is 5.32 Å². The fourth-order valence-electron chi connectivity index (χ4n) is 1.26. The molecule has 0 aliphatic carbocycles. The highest BCUT2D eigenvalue weighted by atomic mass is 14.9. The van der Waals surface area contributed by atoms with E-state index in [1.807, 2.05) is 6.92 Å². The van der Waals surface area contributed by atoms with Crippen LogP contribution in [0.25, 0.3) is 0 Å². The third-order valence-corrected chi connectivity index (χ3v) is 1.97. The van der Waals surface area contributed by atoms with Crippen LogP contribution in [-0.4, -0.2) is 18.8 Å². The molecule has 0 spiro atoms. The zero-order valence-corrected chi connectivity index (χ0v) is 6.91. The number of nitrogens with one attached hydrogen (secondary N) is 2. The largest absolute Gasteiger partial charge is 0.401 e. The Labute approximate surface area is 67.2 Å². The maximum absolute atomic E-state index is 7.60. The van der Waals surface area contributed by atoms with Crippen LogP contribution in [0.4, 0.5) is 0 Å². The Balaban J connectivity index is 2.74. The second kappa shape index (κ2) is 3.53. The number of nitrogens with two attached hydrogens (primary N) is 1. The lowest BCUT2D eigenvalue weighted by atomic mass is 10.0. The first kappa shape index (κ1) is 8.27. The van der Waals surface area contributed by atoms with E-state index >= 15 is 0 Å². The monoisotopic (exact) mass is 153 g/mol. The maximum Gasteiger partial charge on any atom is 0.0361 e. The van der Waals surface area contributed by atoms with Crippen molar-refractivity contribution in [3.63, 3.8) is 0 Å². The van der Waals surface area contributed by atoms with Crippen LogP contribution in [0.3, 0.4) is 0 Å². The first-order valence-corrected chi connectivity index (χ1v) is 4.01. The normalized spacial score (nSPS) is 18.6. The van der Waals surface area contributed by atoms with Crippen molar-refractivity contribution in [2.45, 2.75) is 19.8 Å². The van der Waals surface area contributed by atoms with Gasteiger partial charge in [-0.3, -0.25) is 0 Å². The quantitative estimate of drug-likeness (QED) is 0.509. The van der Waals surface area contributed by atoms with Gasteiger partial charge in [-0.25, -0.2) is 0 Å². The summed E-state index contributed by atoms with van der Waals surface area (Å²) in [5.41, 5.74) is 8.34. The second-order valence-corrected chi connectivity index (χ2v) is 2.76. The summed E-state index contributed by atoms with van der Waals surface area (Å²) in [6.07, 6.45) is 1.70. The summed E-state index contributed by atoms with van der Waals surface area (Å²) in [5, 5.41) is 10.8. The van der Waals surface area contributed by atoms with Crippen LogP contribution in [0, 0.1) is 5.41 Å². The highest BCUT2D eigenvalue weighted by molar-refractivity contribution is 5.98. The van der Waals surface area contributed by atoms with E-state index in [0.717, 1.165) is 37.2 Å². The summed E-state index contributed by atoms with van der Waals surface area (Å²) in [6.45, 7) is 3.70. The molecule has 3 nitrogen and oxygen atoms in total. The fraction of sp³-hybridized carbons (Fsp3) is 0.625. The number of rotatable bonds is 2. The van der Waals surface area contributed by atoms with Crippen molar-refractivity contribution in [3.8, 4) is 0 Å². The molecule has 1 rings (SSSR count). The van der Waals surface area contributed by atoms with E-state index in [9.17, 15) is 0 Å². The first-order chi connectivity index (χ1) is 5.25. The van der Waals surface area contributed by atoms with E-state index in [0.29, 0.717) is 5.71 Å². The highest BCUT2D eigenvalue weighted by Crippen LogP contribution is 2.11. The van der Waals surface area contributed by atoms with Crippen LogP contribution in [-0.2, 0) is 0 Å². The molecule has 1 heterocycles. The van der Waals surface area contributed by atoms with Gasteiger partial charge in [-0.1, -0.05) is 6.92 Å². The van der Waals surface area contributed by atoms with Crippen molar-refractivity contribution in [3.05, 3.63) is 11.3 Å². The van der Waals surface area contributed by atoms with Gasteiger partial charge >= 0.3 is 0 Å². The smallest absolute Gasteiger partial charge is 0.0361 e. The third-order valence-electron chi connectivity index (χ3n) is 1.97. The summed E-state index contributed by atoms with van der Waals surface area (Å²) in [7, 11) is 0. The van der Waals surface area contributed by atoms with E-state index < -0.39 is 0 Å². The van der Waals surface area contributed by atoms with Gasteiger partial charge in [-0.2, -0.15) is 0 Å². The molecule has 4 N–H and O–H groups in total. The van der Waals surface area contributed by atoms with Gasteiger partial charge in [-0.15, -0.1) is 0 Å². The molecule has 0 aromatic rings. The lowest BCUT2D eigenvalue weighted by Crippen LogP contribution is -2.30. The molecule has 0 saturated heterocycles. The zero-order valence-electron chi connectivity index (χ0n) is 6.91. The van der Waals surface area contributed by atoms with Crippen molar-refractivity contribution in [2.75, 3.05) is 13.1 Å². The standard InChI is InChI=1S/C8H15N3/c1-2-7(9)6-3-4-11-5-8(6)10/h9,11H,2-5,10H2,1H3. The molecular formula is C8H15N3. The van der Waals surface area contributed by atoms with Crippen molar-refractivity contribution in [2.24, 2.45) is 5.73 Å². The van der Waals surface area contributed by atoms with E-state index in [4.69, 9.17) is 11.1 Å². The molecule has 1 aliphatic rings. The molecule has 0 radical (unpaired) electrons. The lowest BCUT2D eigenvalue weighted by molar-refractivity contribution is 0.683. The lowest BCUT2D eigenvalue weighted by Gasteiger charge is -2.18. The fourth-order valence-corrected chi connectivity index (χ4v) is 1.26. The molecule has 1 aliphatic heterocycles. The molecule has 11 heavy (non-hydrogen) atoms. The summed E-state index contributed by atoms with van der Waals surface area (Å²) in [5.74, 6) is 0. The predicted molar refractivity (Wildman–Crippen MR) is 46.7 cm³/mol. The van der Waals surface area contributed by atoms with Gasteiger partial charge < -0.3 is 16.5 Å². The van der Waals surface area contributed by atoms with Gasteiger partial charge in [0, 0.05) is 18.0 Å². The van der Waals surface area contributed by atoms with E-state index in [2.05, 4.69) is 5.32 Å². The van der Waals surface area contributed by atoms with Crippen molar-refractivity contribution >= 4 is 5.71 Å². The van der Waals surface area contributed by atoms with Gasteiger partial charge in [0.2, 0.25) is 0 Å². The van der Waals surface area contributed by atoms with Crippen LogP contribution in [0.5, 0.6) is 0 Å². The summed E-state index contributed by atoms with van der Waals surface area (Å²) in [4.78, 5) is 0. The molecular weight excluding hydrogens is 138 g/mol. The molecule has 0 amide bonds. The molecule has 0 saturated carbocycles. The average Bonchev–Trinajstić information content (AvgIpc) is 2.04. The Morgan fingerprint density at radius 2 is 2.45 bits per heavy atom. The molecule has 0 atom stereocenters. The van der Waals surface area contributed by atoms with Crippen LogP contribution >= 0.6 is 0 Å². The molecule has 0 bridgehead atoms. The van der Waals surface area contributed by atoms with Crippen LogP contribution in [0.2, 0.25) is 0 Å². The Morgan fingerprint density at radius 1 is 1.73 bits per heavy atom. The summed E-state index contributed by atoms with van der Waals surface area (Å²) in [6, 6.07) is 0. The van der Waals surface area contributed by atoms with Gasteiger partial charge in [0.15, 0.2) is 0 Å². The van der Waals surface area contributed by atoms with Gasteiger partial charge in [0.05, 0.1) is 0 Å². The Morgan fingerprint density at radius 3 is 3.00 bits per heavy atom. The van der Waals surface area contributed by atoms with Gasteiger partial charge in [0.1, 0.15) is 0 Å². The first-order valence-electron chi connectivity index (χ1n) is 4.01. The van der Waals surface area contributed by atoms with Crippen molar-refractivity contribution in [1.29, 1.82) is 5.41 Å². The summed E-state index contributed by atoms with van der Waals surface area (Å²) >= 11 is 0. The molecule has 0 aromatic heterocycles. The Bertz CT molecular complexity index is 194. The highest BCUT2D eigenvalue weighted by Gasteiger charge is 2.11. The SMILES string of the molecule is CCC(=N)C1=C(N)CNCC1. The second-order valence-electron chi connectivity index (χ2n) is 2.76. The molecule has 0 aromatic carbocycles. The number of hydrogen-bond acceptors (Lipinski definition) is 3. The average molecular weight is 153 g/mol. The van der Waals surface area contributed by atoms with Gasteiger partial charge in [0.25, 0.3) is 0 Å². The topological polar surface area (TPSA) is 61.9 Å². The summed E-state index contributed by atoms with van der Waals surface area (Å²) < 4.78 is 0. The zero-order chi connectivity index (χ0) is 8.27. The van der Waals surface area contributed by atoms with E-state index in [1.165, 1.54) is 0 Å². The molecule has 0 unspecified atom stereocenters. The Hall–Kier alpha value is -0.830. The van der Waals surface area contributed by atoms with Gasteiger partial charge in [-0.05, 0) is 25.0 Å². The predicted octanol–water partition coefficient (Wildman–Crippen LogP) is 0.622. The van der Waals surface area contributed by atoms with E-state index in [1.54, 1.807) is 0 Å². The molecule has 62 valence electrons. The van der Waals surface area contributed by atoms with Crippen LogP contribution in [0.1, 0.15) is 19.8 Å². The minimum atomic E-state index is 0.698. The third kappa shape index (κ3) is 1.80. The molecule has 3 heteroatoms. The molecule has 0 fully saturated rings.